The third kappa shape index (κ3) is 4.49. The molecule has 0 atom stereocenters. The summed E-state index contributed by atoms with van der Waals surface area (Å²) in [5.74, 6) is -0.474. The second-order valence-corrected chi connectivity index (χ2v) is 7.26. The van der Waals surface area contributed by atoms with Gasteiger partial charge in [-0.1, -0.05) is 19.8 Å². The molecule has 0 heterocycles. The Balaban J connectivity index is 3.10. The van der Waals surface area contributed by atoms with Crippen LogP contribution in [0.4, 0.5) is 4.39 Å². The minimum atomic E-state index is -3.62. The van der Waals surface area contributed by atoms with E-state index in [9.17, 15) is 12.8 Å². The van der Waals surface area contributed by atoms with Crippen LogP contribution in [0.5, 0.6) is 0 Å². The Morgan fingerprint density at radius 1 is 1.29 bits per heavy atom. The van der Waals surface area contributed by atoms with Crippen LogP contribution in [0.3, 0.4) is 0 Å². The molecule has 0 saturated carbocycles. The Hall–Kier alpha value is -0.980. The van der Waals surface area contributed by atoms with Gasteiger partial charge in [0.05, 0.1) is 4.90 Å². The molecule has 2 N–H and O–H groups in total. The van der Waals surface area contributed by atoms with E-state index in [4.69, 9.17) is 5.73 Å². The first kappa shape index (κ1) is 18.1. The second-order valence-electron chi connectivity index (χ2n) is 5.37. The lowest BCUT2D eigenvalue weighted by molar-refractivity contribution is 0.345. The first-order chi connectivity index (χ1) is 9.84. The van der Waals surface area contributed by atoms with Crippen LogP contribution in [0.2, 0.25) is 0 Å². The molecule has 1 aromatic rings. The highest BCUT2D eigenvalue weighted by Gasteiger charge is 2.27. The van der Waals surface area contributed by atoms with Crippen molar-refractivity contribution in [3.05, 3.63) is 29.6 Å². The van der Waals surface area contributed by atoms with E-state index in [1.807, 2.05) is 13.8 Å². The zero-order valence-corrected chi connectivity index (χ0v) is 13.8. The Morgan fingerprint density at radius 3 is 2.48 bits per heavy atom. The van der Waals surface area contributed by atoms with E-state index >= 15 is 0 Å². The summed E-state index contributed by atoms with van der Waals surface area (Å²) in [6, 6.07) is 3.66. The van der Waals surface area contributed by atoms with Gasteiger partial charge in [0.15, 0.2) is 0 Å². The standard InChI is InChI=1S/C15H25FN2O2S/c1-4-5-6-9-18(12(2)3)21(19,20)14-7-8-15(16)13(10-14)11-17/h7-8,10,12H,4-6,9,11,17H2,1-3H3. The van der Waals surface area contributed by atoms with Crippen molar-refractivity contribution in [2.75, 3.05) is 6.54 Å². The molecule has 0 fully saturated rings. The molecular weight excluding hydrogens is 291 g/mol. The third-order valence-corrected chi connectivity index (χ3v) is 5.47. The van der Waals surface area contributed by atoms with Gasteiger partial charge in [-0.3, -0.25) is 0 Å². The van der Waals surface area contributed by atoms with Gasteiger partial charge in [0.2, 0.25) is 10.0 Å². The fourth-order valence-corrected chi connectivity index (χ4v) is 3.90. The van der Waals surface area contributed by atoms with Crippen LogP contribution in [0.15, 0.2) is 23.1 Å². The largest absolute Gasteiger partial charge is 0.326 e. The van der Waals surface area contributed by atoms with Crippen LogP contribution in [0.1, 0.15) is 45.6 Å². The summed E-state index contributed by atoms with van der Waals surface area (Å²) in [4.78, 5) is 0.106. The molecule has 6 heteroatoms. The molecule has 0 aliphatic rings. The van der Waals surface area contributed by atoms with Crippen LogP contribution in [0.25, 0.3) is 0 Å². The molecule has 0 aromatic heterocycles. The maximum absolute atomic E-state index is 13.5. The van der Waals surface area contributed by atoms with E-state index in [-0.39, 0.29) is 23.0 Å². The number of benzene rings is 1. The Labute approximate surface area is 127 Å². The van der Waals surface area contributed by atoms with Gasteiger partial charge in [-0.2, -0.15) is 4.31 Å². The van der Waals surface area contributed by atoms with E-state index in [1.165, 1.54) is 22.5 Å². The SMILES string of the molecule is CCCCCN(C(C)C)S(=O)(=O)c1ccc(F)c(CN)c1. The van der Waals surface area contributed by atoms with Crippen molar-refractivity contribution in [2.45, 2.75) is 57.5 Å². The molecule has 0 aliphatic heterocycles. The predicted octanol–water partition coefficient (Wildman–Crippen LogP) is 2.87. The van der Waals surface area contributed by atoms with E-state index < -0.39 is 15.8 Å². The minimum Gasteiger partial charge on any atom is -0.326 e. The van der Waals surface area contributed by atoms with Gasteiger partial charge in [0.25, 0.3) is 0 Å². The molecule has 0 spiro atoms. The topological polar surface area (TPSA) is 63.4 Å². The highest BCUT2D eigenvalue weighted by atomic mass is 32.2. The Kier molecular flexibility index (Phi) is 6.77. The van der Waals surface area contributed by atoms with Crippen molar-refractivity contribution in [1.82, 2.24) is 4.31 Å². The van der Waals surface area contributed by atoms with E-state index in [2.05, 4.69) is 6.92 Å². The highest BCUT2D eigenvalue weighted by molar-refractivity contribution is 7.89. The van der Waals surface area contributed by atoms with Crippen LogP contribution < -0.4 is 5.73 Å². The molecule has 0 bridgehead atoms. The number of unbranched alkanes of at least 4 members (excludes halogenated alkanes) is 2. The van der Waals surface area contributed by atoms with Gasteiger partial charge in [0, 0.05) is 24.7 Å². The minimum absolute atomic E-state index is 0.0211. The molecule has 21 heavy (non-hydrogen) atoms. The Bertz CT molecular complexity index is 559. The summed E-state index contributed by atoms with van der Waals surface area (Å²) in [6.45, 7) is 6.21. The number of halogens is 1. The summed E-state index contributed by atoms with van der Waals surface area (Å²) in [5.41, 5.74) is 5.66. The monoisotopic (exact) mass is 316 g/mol. The number of nitrogens with two attached hydrogens (primary N) is 1. The molecule has 120 valence electrons. The van der Waals surface area contributed by atoms with Crippen molar-refractivity contribution in [3.63, 3.8) is 0 Å². The summed E-state index contributed by atoms with van der Waals surface area (Å²) >= 11 is 0. The van der Waals surface area contributed by atoms with Crippen LogP contribution >= 0.6 is 0 Å². The van der Waals surface area contributed by atoms with Crippen molar-refractivity contribution < 1.29 is 12.8 Å². The summed E-state index contributed by atoms with van der Waals surface area (Å²) < 4.78 is 40.4. The molecule has 0 amide bonds. The summed E-state index contributed by atoms with van der Waals surface area (Å²) in [5, 5.41) is 0. The van der Waals surface area contributed by atoms with Crippen molar-refractivity contribution in [2.24, 2.45) is 5.73 Å². The molecule has 1 rings (SSSR count). The van der Waals surface area contributed by atoms with Gasteiger partial charge in [-0.25, -0.2) is 12.8 Å². The van der Waals surface area contributed by atoms with Crippen LogP contribution in [0, 0.1) is 5.82 Å². The van der Waals surface area contributed by atoms with Crippen LogP contribution in [-0.2, 0) is 16.6 Å². The van der Waals surface area contributed by atoms with Crippen molar-refractivity contribution in [3.8, 4) is 0 Å². The van der Waals surface area contributed by atoms with Gasteiger partial charge in [-0.05, 0) is 38.5 Å². The van der Waals surface area contributed by atoms with Crippen molar-refractivity contribution in [1.29, 1.82) is 0 Å². The second kappa shape index (κ2) is 7.87. The average Bonchev–Trinajstić information content (AvgIpc) is 2.43. The Morgan fingerprint density at radius 2 is 1.95 bits per heavy atom. The van der Waals surface area contributed by atoms with Crippen LogP contribution in [-0.4, -0.2) is 25.3 Å². The van der Waals surface area contributed by atoms with Gasteiger partial charge < -0.3 is 5.73 Å². The molecule has 0 unspecified atom stereocenters. The lowest BCUT2D eigenvalue weighted by atomic mass is 10.2. The highest BCUT2D eigenvalue weighted by Crippen LogP contribution is 2.21. The first-order valence-electron chi connectivity index (χ1n) is 7.35. The van der Waals surface area contributed by atoms with Gasteiger partial charge >= 0.3 is 0 Å². The smallest absolute Gasteiger partial charge is 0.243 e. The number of nitrogens with zero attached hydrogens (tertiary/aromatic N) is 1. The maximum atomic E-state index is 13.5. The molecule has 0 saturated heterocycles. The lowest BCUT2D eigenvalue weighted by Gasteiger charge is -2.26. The van der Waals surface area contributed by atoms with Gasteiger partial charge in [-0.15, -0.1) is 0 Å². The quantitative estimate of drug-likeness (QED) is 0.750. The summed E-state index contributed by atoms with van der Waals surface area (Å²) in [7, 11) is -3.62. The normalized spacial score (nSPS) is 12.3. The molecule has 1 aromatic carbocycles. The van der Waals surface area contributed by atoms with Gasteiger partial charge in [0.1, 0.15) is 5.82 Å². The van der Waals surface area contributed by atoms with Crippen molar-refractivity contribution >= 4 is 10.0 Å². The van der Waals surface area contributed by atoms with E-state index in [0.717, 1.165) is 19.3 Å². The molecule has 4 nitrogen and oxygen atoms in total. The average molecular weight is 316 g/mol. The zero-order valence-electron chi connectivity index (χ0n) is 13.0. The molecular formula is C15H25FN2O2S. The number of sulfonamides is 1. The predicted molar refractivity (Wildman–Crippen MR) is 82.8 cm³/mol. The summed E-state index contributed by atoms with van der Waals surface area (Å²) in [6.07, 6.45) is 2.83. The number of hydrogen-bond acceptors (Lipinski definition) is 3. The zero-order chi connectivity index (χ0) is 16.0. The fourth-order valence-electron chi connectivity index (χ4n) is 2.18. The number of rotatable bonds is 8. The first-order valence-corrected chi connectivity index (χ1v) is 8.79. The third-order valence-electron chi connectivity index (χ3n) is 3.40. The lowest BCUT2D eigenvalue weighted by Crippen LogP contribution is -2.37. The number of hydrogen-bond donors (Lipinski definition) is 1. The van der Waals surface area contributed by atoms with E-state index in [1.54, 1.807) is 0 Å². The molecule has 0 radical (unpaired) electrons. The maximum Gasteiger partial charge on any atom is 0.243 e. The fraction of sp³-hybridized carbons (Fsp3) is 0.600. The molecule has 0 aliphatic carbocycles. The van der Waals surface area contributed by atoms with E-state index in [0.29, 0.717) is 6.54 Å².